The van der Waals surface area contributed by atoms with Gasteiger partial charge in [0.2, 0.25) is 10.0 Å². The molecule has 2 aromatic rings. The average molecular weight is 385 g/mol. The molecule has 0 aliphatic carbocycles. The van der Waals surface area contributed by atoms with E-state index in [9.17, 15) is 8.42 Å². The number of benzene rings is 2. The third kappa shape index (κ3) is 5.26. The van der Waals surface area contributed by atoms with E-state index in [2.05, 4.69) is 5.32 Å². The van der Waals surface area contributed by atoms with Gasteiger partial charge in [0.25, 0.3) is 0 Å². The van der Waals surface area contributed by atoms with Crippen molar-refractivity contribution in [2.45, 2.75) is 31.4 Å². The summed E-state index contributed by atoms with van der Waals surface area (Å²) in [5.41, 5.74) is 1.56. The third-order valence-corrected chi connectivity index (χ3v) is 4.64. The lowest BCUT2D eigenvalue weighted by atomic mass is 10.2. The van der Waals surface area contributed by atoms with Crippen LogP contribution in [-0.4, -0.2) is 21.6 Å². The van der Waals surface area contributed by atoms with Crippen molar-refractivity contribution in [1.29, 1.82) is 0 Å². The van der Waals surface area contributed by atoms with Gasteiger partial charge in [-0.05, 0) is 49.7 Å². The Balaban J connectivity index is 2.15. The lowest BCUT2D eigenvalue weighted by molar-refractivity contribution is 0.230. The summed E-state index contributed by atoms with van der Waals surface area (Å²) in [5, 5.41) is 8.80. The highest BCUT2D eigenvalue weighted by atomic mass is 35.5. The fourth-order valence-electron chi connectivity index (χ4n) is 2.18. The number of rotatable bonds is 7. The Hall–Kier alpha value is -1.96. The number of sulfonamides is 1. The van der Waals surface area contributed by atoms with Gasteiger partial charge < -0.3 is 14.8 Å². The van der Waals surface area contributed by atoms with Crippen LogP contribution in [0.3, 0.4) is 0 Å². The second kappa shape index (κ2) is 7.95. The molecule has 6 nitrogen and oxygen atoms in total. The number of hydrogen-bond donors (Lipinski definition) is 2. The summed E-state index contributed by atoms with van der Waals surface area (Å²) < 4.78 is 33.6. The first kappa shape index (κ1) is 19.4. The highest BCUT2D eigenvalue weighted by molar-refractivity contribution is 7.89. The molecule has 2 aromatic carbocycles. The molecule has 0 saturated carbocycles. The van der Waals surface area contributed by atoms with E-state index in [1.165, 1.54) is 12.1 Å². The molecule has 25 heavy (non-hydrogen) atoms. The summed E-state index contributed by atoms with van der Waals surface area (Å²) in [7, 11) is -2.13. The van der Waals surface area contributed by atoms with Crippen LogP contribution in [0.5, 0.6) is 11.5 Å². The van der Waals surface area contributed by atoms with E-state index >= 15 is 0 Å². The van der Waals surface area contributed by atoms with Gasteiger partial charge in [0.1, 0.15) is 0 Å². The molecule has 0 aromatic heterocycles. The van der Waals surface area contributed by atoms with Gasteiger partial charge >= 0.3 is 0 Å². The summed E-state index contributed by atoms with van der Waals surface area (Å²) in [6, 6.07) is 9.70. The molecule has 0 saturated heterocycles. The normalized spacial score (nSPS) is 11.4. The van der Waals surface area contributed by atoms with Crippen molar-refractivity contribution in [2.24, 2.45) is 5.14 Å². The second-order valence-corrected chi connectivity index (χ2v) is 7.65. The first-order valence-electron chi connectivity index (χ1n) is 7.60. The maximum atomic E-state index is 11.3. The van der Waals surface area contributed by atoms with Crippen LogP contribution >= 0.6 is 11.6 Å². The van der Waals surface area contributed by atoms with Gasteiger partial charge in [-0.25, -0.2) is 13.6 Å². The van der Waals surface area contributed by atoms with Crippen LogP contribution < -0.4 is 19.9 Å². The number of nitrogens with one attached hydrogen (secondary N) is 1. The zero-order valence-corrected chi connectivity index (χ0v) is 15.8. The summed E-state index contributed by atoms with van der Waals surface area (Å²) in [4.78, 5) is 0.0629. The van der Waals surface area contributed by atoms with Crippen LogP contribution in [0.25, 0.3) is 0 Å². The lowest BCUT2D eigenvalue weighted by Crippen LogP contribution is -2.12. The van der Waals surface area contributed by atoms with Crippen molar-refractivity contribution in [1.82, 2.24) is 0 Å². The molecular formula is C17H21ClN2O4S. The molecule has 0 aliphatic heterocycles. The molecule has 0 heterocycles. The van der Waals surface area contributed by atoms with Crippen LogP contribution in [0.1, 0.15) is 19.4 Å². The quantitative estimate of drug-likeness (QED) is 0.763. The Morgan fingerprint density at radius 1 is 1.16 bits per heavy atom. The number of anilines is 1. The van der Waals surface area contributed by atoms with E-state index in [0.29, 0.717) is 23.1 Å². The minimum Gasteiger partial charge on any atom is -0.493 e. The molecule has 0 amide bonds. The predicted octanol–water partition coefficient (Wildman–Crippen LogP) is 3.40. The average Bonchev–Trinajstić information content (AvgIpc) is 2.53. The minimum atomic E-state index is -3.70. The molecule has 8 heteroatoms. The molecule has 0 fully saturated rings. The maximum absolute atomic E-state index is 11.3. The topological polar surface area (TPSA) is 90.6 Å². The van der Waals surface area contributed by atoms with Gasteiger partial charge in [0.05, 0.1) is 18.1 Å². The number of ether oxygens (including phenoxy) is 2. The summed E-state index contributed by atoms with van der Waals surface area (Å²) >= 11 is 6.32. The van der Waals surface area contributed by atoms with Crippen LogP contribution in [0.4, 0.5) is 5.69 Å². The fourth-order valence-corrected chi connectivity index (χ4v) is 2.91. The molecule has 0 aliphatic rings. The number of nitrogens with two attached hydrogens (primary N) is 1. The van der Waals surface area contributed by atoms with Crippen molar-refractivity contribution in [2.75, 3.05) is 12.4 Å². The highest BCUT2D eigenvalue weighted by Crippen LogP contribution is 2.34. The van der Waals surface area contributed by atoms with E-state index in [-0.39, 0.29) is 11.0 Å². The Kier molecular flexibility index (Phi) is 6.16. The molecule has 0 atom stereocenters. The zero-order valence-electron chi connectivity index (χ0n) is 14.2. The molecular weight excluding hydrogens is 364 g/mol. The smallest absolute Gasteiger partial charge is 0.238 e. The van der Waals surface area contributed by atoms with Crippen LogP contribution in [0.15, 0.2) is 41.3 Å². The standard InChI is InChI=1S/C17H21ClN2O4S/c1-11(2)24-17-9-15(18)12(8-16(17)23-3)10-20-13-4-6-14(7-5-13)25(19,21)22/h4-9,11,20H,10H2,1-3H3,(H2,19,21,22). The molecule has 136 valence electrons. The number of hydrogen-bond acceptors (Lipinski definition) is 5. The molecule has 0 unspecified atom stereocenters. The van der Waals surface area contributed by atoms with E-state index in [0.717, 1.165) is 11.3 Å². The lowest BCUT2D eigenvalue weighted by Gasteiger charge is -2.16. The Bertz CT molecular complexity index is 836. The van der Waals surface area contributed by atoms with Crippen molar-refractivity contribution in [3.63, 3.8) is 0 Å². The van der Waals surface area contributed by atoms with Crippen LogP contribution in [0.2, 0.25) is 5.02 Å². The van der Waals surface area contributed by atoms with Gasteiger partial charge in [-0.2, -0.15) is 0 Å². The monoisotopic (exact) mass is 384 g/mol. The largest absolute Gasteiger partial charge is 0.493 e. The maximum Gasteiger partial charge on any atom is 0.238 e. The molecule has 0 bridgehead atoms. The zero-order chi connectivity index (χ0) is 18.6. The van der Waals surface area contributed by atoms with Gasteiger partial charge in [0, 0.05) is 23.3 Å². The highest BCUT2D eigenvalue weighted by Gasteiger charge is 2.12. The number of methoxy groups -OCH3 is 1. The summed E-state index contributed by atoms with van der Waals surface area (Å²) in [6.45, 7) is 4.29. The van der Waals surface area contributed by atoms with Gasteiger partial charge in [0.15, 0.2) is 11.5 Å². The summed E-state index contributed by atoms with van der Waals surface area (Å²) in [5.74, 6) is 1.18. The van der Waals surface area contributed by atoms with E-state index in [1.807, 2.05) is 19.9 Å². The van der Waals surface area contributed by atoms with Gasteiger partial charge in [-0.15, -0.1) is 0 Å². The molecule has 2 rings (SSSR count). The van der Waals surface area contributed by atoms with Crippen molar-refractivity contribution >= 4 is 27.3 Å². The van der Waals surface area contributed by atoms with Gasteiger partial charge in [-0.1, -0.05) is 11.6 Å². The van der Waals surface area contributed by atoms with Crippen molar-refractivity contribution in [3.05, 3.63) is 47.0 Å². The number of primary sulfonamides is 1. The third-order valence-electron chi connectivity index (χ3n) is 3.36. The Morgan fingerprint density at radius 2 is 1.80 bits per heavy atom. The Labute approximate surface area is 152 Å². The first-order chi connectivity index (χ1) is 11.7. The molecule has 0 spiro atoms. The minimum absolute atomic E-state index is 0.00582. The predicted molar refractivity (Wildman–Crippen MR) is 98.9 cm³/mol. The number of halogens is 1. The fraction of sp³-hybridized carbons (Fsp3) is 0.294. The van der Waals surface area contributed by atoms with E-state index < -0.39 is 10.0 Å². The van der Waals surface area contributed by atoms with Crippen molar-refractivity contribution < 1.29 is 17.9 Å². The van der Waals surface area contributed by atoms with Gasteiger partial charge in [-0.3, -0.25) is 0 Å². The van der Waals surface area contributed by atoms with Crippen molar-refractivity contribution in [3.8, 4) is 11.5 Å². The first-order valence-corrected chi connectivity index (χ1v) is 9.53. The van der Waals surface area contributed by atoms with E-state index in [1.54, 1.807) is 25.3 Å². The molecule has 3 N–H and O–H groups in total. The second-order valence-electron chi connectivity index (χ2n) is 5.68. The molecule has 0 radical (unpaired) electrons. The van der Waals surface area contributed by atoms with Crippen LogP contribution in [0, 0.1) is 0 Å². The Morgan fingerprint density at radius 3 is 2.32 bits per heavy atom. The van der Waals surface area contributed by atoms with E-state index in [4.69, 9.17) is 26.2 Å². The van der Waals surface area contributed by atoms with Crippen LogP contribution in [-0.2, 0) is 16.6 Å². The SMILES string of the molecule is COc1cc(CNc2ccc(S(N)(=O)=O)cc2)c(Cl)cc1OC(C)C. The summed E-state index contributed by atoms with van der Waals surface area (Å²) in [6.07, 6.45) is 0.00582.